The van der Waals surface area contributed by atoms with Crippen LogP contribution >= 0.6 is 0 Å². The standard InChI is InChI=1S/C30H31N5O2/c1-21-19-22(2)31-27(20-21)35-17-15-34(16-18-35)25-11-9-24(10-12-25)32-30(37)29(36)28-26(13-14-33(28)3)23-7-5-4-6-8-23/h4-14,19-20H,15-18H2,1-3H3,(H,32,37). The highest BCUT2D eigenvalue weighted by molar-refractivity contribution is 6.47. The summed E-state index contributed by atoms with van der Waals surface area (Å²) in [4.78, 5) is 35.3. The quantitative estimate of drug-likeness (QED) is 0.307. The molecular weight excluding hydrogens is 462 g/mol. The molecular formula is C30H31N5O2. The molecule has 0 radical (unpaired) electrons. The van der Waals surface area contributed by atoms with Crippen molar-refractivity contribution in [3.63, 3.8) is 0 Å². The van der Waals surface area contributed by atoms with E-state index in [1.807, 2.05) is 67.6 Å². The average Bonchev–Trinajstić information content (AvgIpc) is 3.30. The number of nitrogens with one attached hydrogen (secondary N) is 1. The molecule has 1 amide bonds. The summed E-state index contributed by atoms with van der Waals surface area (Å²) >= 11 is 0. The van der Waals surface area contributed by atoms with E-state index in [2.05, 4.69) is 34.2 Å². The number of hydrogen-bond acceptors (Lipinski definition) is 5. The first-order chi connectivity index (χ1) is 17.9. The molecule has 2 aromatic heterocycles. The van der Waals surface area contributed by atoms with Crippen molar-refractivity contribution in [3.05, 3.63) is 95.9 Å². The maximum absolute atomic E-state index is 13.1. The van der Waals surface area contributed by atoms with E-state index in [0.717, 1.165) is 54.5 Å². The number of amides is 1. The Morgan fingerprint density at radius 3 is 2.19 bits per heavy atom. The Labute approximate surface area is 217 Å². The van der Waals surface area contributed by atoms with Crippen molar-refractivity contribution in [1.29, 1.82) is 0 Å². The number of anilines is 3. The Bertz CT molecular complexity index is 1400. The summed E-state index contributed by atoms with van der Waals surface area (Å²) in [5, 5.41) is 2.77. The number of nitrogens with zero attached hydrogens (tertiary/aromatic N) is 4. The highest BCUT2D eigenvalue weighted by Crippen LogP contribution is 2.26. The van der Waals surface area contributed by atoms with Crippen LogP contribution in [0.4, 0.5) is 17.2 Å². The molecule has 1 saturated heterocycles. The molecule has 0 atom stereocenters. The summed E-state index contributed by atoms with van der Waals surface area (Å²) in [5.41, 5.74) is 5.96. The third-order valence-corrected chi connectivity index (χ3v) is 6.76. The van der Waals surface area contributed by atoms with Gasteiger partial charge in [0.1, 0.15) is 11.5 Å². The van der Waals surface area contributed by atoms with E-state index in [9.17, 15) is 9.59 Å². The molecule has 37 heavy (non-hydrogen) atoms. The second kappa shape index (κ2) is 10.3. The molecule has 1 aliphatic heterocycles. The van der Waals surface area contributed by atoms with Crippen LogP contribution in [0.2, 0.25) is 0 Å². The number of pyridine rings is 1. The van der Waals surface area contributed by atoms with Gasteiger partial charge in [0, 0.05) is 62.1 Å². The van der Waals surface area contributed by atoms with Gasteiger partial charge in [0.2, 0.25) is 0 Å². The van der Waals surface area contributed by atoms with E-state index in [1.54, 1.807) is 17.8 Å². The molecule has 1 fully saturated rings. The molecule has 0 saturated carbocycles. The molecule has 7 nitrogen and oxygen atoms in total. The topological polar surface area (TPSA) is 70.5 Å². The lowest BCUT2D eigenvalue weighted by atomic mass is 10.0. The van der Waals surface area contributed by atoms with Crippen molar-refractivity contribution in [2.24, 2.45) is 7.05 Å². The number of ketones is 1. The highest BCUT2D eigenvalue weighted by atomic mass is 16.2. The predicted molar refractivity (Wildman–Crippen MR) is 148 cm³/mol. The lowest BCUT2D eigenvalue weighted by Crippen LogP contribution is -2.46. The number of Topliss-reactive ketones (excluding diaryl/α,β-unsaturated/α-hetero) is 1. The second-order valence-corrected chi connectivity index (χ2v) is 9.50. The summed E-state index contributed by atoms with van der Waals surface area (Å²) in [6.45, 7) is 7.68. The zero-order valence-electron chi connectivity index (χ0n) is 21.4. The zero-order valence-corrected chi connectivity index (χ0v) is 21.4. The Balaban J connectivity index is 1.22. The van der Waals surface area contributed by atoms with E-state index in [4.69, 9.17) is 4.98 Å². The number of hydrogen-bond donors (Lipinski definition) is 1. The van der Waals surface area contributed by atoms with E-state index < -0.39 is 11.7 Å². The van der Waals surface area contributed by atoms with Crippen molar-refractivity contribution in [1.82, 2.24) is 9.55 Å². The monoisotopic (exact) mass is 493 g/mol. The molecule has 1 aliphatic rings. The molecule has 1 N–H and O–H groups in total. The van der Waals surface area contributed by atoms with E-state index in [-0.39, 0.29) is 0 Å². The molecule has 7 heteroatoms. The molecule has 0 spiro atoms. The first-order valence-electron chi connectivity index (χ1n) is 12.5. The average molecular weight is 494 g/mol. The highest BCUT2D eigenvalue weighted by Gasteiger charge is 2.24. The first kappa shape index (κ1) is 24.3. The van der Waals surface area contributed by atoms with Crippen molar-refractivity contribution in [3.8, 4) is 11.1 Å². The summed E-state index contributed by atoms with van der Waals surface area (Å²) in [6.07, 6.45) is 1.80. The van der Waals surface area contributed by atoms with Crippen LogP contribution in [0.15, 0.2) is 79.0 Å². The maximum Gasteiger partial charge on any atom is 0.298 e. The first-order valence-corrected chi connectivity index (χ1v) is 12.5. The minimum absolute atomic E-state index is 0.372. The van der Waals surface area contributed by atoms with Gasteiger partial charge in [0.25, 0.3) is 11.7 Å². The molecule has 0 aliphatic carbocycles. The number of benzene rings is 2. The SMILES string of the molecule is Cc1cc(C)nc(N2CCN(c3ccc(NC(=O)C(=O)c4c(-c5ccccc5)ccn4C)cc3)CC2)c1. The fourth-order valence-electron chi connectivity index (χ4n) is 4.89. The van der Waals surface area contributed by atoms with Crippen molar-refractivity contribution >= 4 is 28.9 Å². The fourth-order valence-corrected chi connectivity index (χ4v) is 4.89. The molecule has 0 unspecified atom stereocenters. The maximum atomic E-state index is 13.1. The van der Waals surface area contributed by atoms with Crippen LogP contribution in [0, 0.1) is 13.8 Å². The number of rotatable bonds is 6. The Kier molecular flexibility index (Phi) is 6.77. The van der Waals surface area contributed by atoms with Gasteiger partial charge in [-0.05, 0) is 67.4 Å². The number of aromatic nitrogens is 2. The smallest absolute Gasteiger partial charge is 0.298 e. The van der Waals surface area contributed by atoms with Gasteiger partial charge in [-0.1, -0.05) is 30.3 Å². The summed E-state index contributed by atoms with van der Waals surface area (Å²) < 4.78 is 1.70. The number of carbonyl (C=O) groups excluding carboxylic acids is 2. The van der Waals surface area contributed by atoms with Gasteiger partial charge < -0.3 is 19.7 Å². The van der Waals surface area contributed by atoms with Gasteiger partial charge in [-0.25, -0.2) is 4.98 Å². The number of carbonyl (C=O) groups is 2. The van der Waals surface area contributed by atoms with Crippen LogP contribution in [0.1, 0.15) is 21.7 Å². The summed E-state index contributed by atoms with van der Waals surface area (Å²) in [6, 6.07) is 23.4. The predicted octanol–water partition coefficient (Wildman–Crippen LogP) is 4.85. The van der Waals surface area contributed by atoms with Crippen LogP contribution in [0.3, 0.4) is 0 Å². The summed E-state index contributed by atoms with van der Waals surface area (Å²) in [5.74, 6) is -0.179. The molecule has 3 heterocycles. The number of piperazine rings is 1. The molecule has 188 valence electrons. The van der Waals surface area contributed by atoms with Gasteiger partial charge in [-0.15, -0.1) is 0 Å². The van der Waals surface area contributed by atoms with Gasteiger partial charge in [-0.3, -0.25) is 9.59 Å². The van der Waals surface area contributed by atoms with E-state index in [1.165, 1.54) is 5.56 Å². The van der Waals surface area contributed by atoms with E-state index in [0.29, 0.717) is 11.4 Å². The molecule has 2 aromatic carbocycles. The lowest BCUT2D eigenvalue weighted by molar-refractivity contribution is -0.112. The molecule has 5 rings (SSSR count). The van der Waals surface area contributed by atoms with E-state index >= 15 is 0 Å². The molecule has 0 bridgehead atoms. The third kappa shape index (κ3) is 5.26. The van der Waals surface area contributed by atoms with Crippen molar-refractivity contribution < 1.29 is 9.59 Å². The van der Waals surface area contributed by atoms with Crippen LogP contribution in [0.25, 0.3) is 11.1 Å². The minimum atomic E-state index is -0.652. The Morgan fingerprint density at radius 2 is 1.51 bits per heavy atom. The normalized spacial score (nSPS) is 13.5. The number of aryl methyl sites for hydroxylation is 3. The Morgan fingerprint density at radius 1 is 0.838 bits per heavy atom. The van der Waals surface area contributed by atoms with Gasteiger partial charge in [0.15, 0.2) is 0 Å². The second-order valence-electron chi connectivity index (χ2n) is 9.50. The van der Waals surface area contributed by atoms with Crippen molar-refractivity contribution in [2.75, 3.05) is 41.3 Å². The lowest BCUT2D eigenvalue weighted by Gasteiger charge is -2.37. The van der Waals surface area contributed by atoms with Gasteiger partial charge in [-0.2, -0.15) is 0 Å². The van der Waals surface area contributed by atoms with Gasteiger partial charge in [0.05, 0.1) is 0 Å². The summed E-state index contributed by atoms with van der Waals surface area (Å²) in [7, 11) is 1.78. The largest absolute Gasteiger partial charge is 0.368 e. The zero-order chi connectivity index (χ0) is 25.9. The van der Waals surface area contributed by atoms with Crippen LogP contribution < -0.4 is 15.1 Å². The van der Waals surface area contributed by atoms with Crippen molar-refractivity contribution in [2.45, 2.75) is 13.8 Å². The molecule has 4 aromatic rings. The third-order valence-electron chi connectivity index (χ3n) is 6.76. The Hall–Kier alpha value is -4.39. The van der Waals surface area contributed by atoms with Crippen LogP contribution in [0.5, 0.6) is 0 Å². The van der Waals surface area contributed by atoms with Crippen LogP contribution in [-0.4, -0.2) is 47.4 Å². The minimum Gasteiger partial charge on any atom is -0.368 e. The van der Waals surface area contributed by atoms with Gasteiger partial charge >= 0.3 is 0 Å². The fraction of sp³-hybridized carbons (Fsp3) is 0.233. The van der Waals surface area contributed by atoms with Crippen LogP contribution in [-0.2, 0) is 11.8 Å².